The molecule has 1 spiro atoms. The molecular weight excluding hydrogens is 845 g/mol. The van der Waals surface area contributed by atoms with E-state index < -0.39 is 5.41 Å². The highest BCUT2D eigenvalue weighted by Gasteiger charge is 2.52. The molecule has 12 rings (SSSR count). The zero-order valence-electron chi connectivity index (χ0n) is 39.1. The number of nitrogens with zero attached hydrogens (tertiary/aromatic N) is 2. The Bertz CT molecular complexity index is 3570. The lowest BCUT2D eigenvalue weighted by Gasteiger charge is -2.45. The predicted octanol–water partition coefficient (Wildman–Crippen LogP) is 18.3. The van der Waals surface area contributed by atoms with Gasteiger partial charge in [0.05, 0.1) is 16.8 Å². The number of benzene rings is 10. The number of anilines is 5. The Morgan fingerprint density at radius 2 is 0.814 bits per heavy atom. The molecule has 0 aromatic heterocycles. The lowest BCUT2D eigenvalue weighted by Crippen LogP contribution is -2.38. The number of fused-ring (bicyclic) bond motifs is 7. The van der Waals surface area contributed by atoms with Crippen molar-refractivity contribution in [3.8, 4) is 55.6 Å². The largest absolute Gasteiger partial charge is 0.310 e. The van der Waals surface area contributed by atoms with Gasteiger partial charge in [0.15, 0.2) is 0 Å². The molecular formula is C68H50N2. The van der Waals surface area contributed by atoms with E-state index in [0.717, 1.165) is 34.1 Å². The summed E-state index contributed by atoms with van der Waals surface area (Å²) in [5, 5.41) is 0. The van der Waals surface area contributed by atoms with Gasteiger partial charge in [-0.05, 0) is 134 Å². The first-order valence-electron chi connectivity index (χ1n) is 24.1. The van der Waals surface area contributed by atoms with E-state index in [1.165, 1.54) is 77.9 Å². The van der Waals surface area contributed by atoms with Crippen molar-refractivity contribution in [3.63, 3.8) is 0 Å². The minimum atomic E-state index is -0.576. The molecule has 1 heterocycles. The van der Waals surface area contributed by atoms with Gasteiger partial charge >= 0.3 is 0 Å². The molecule has 10 aromatic carbocycles. The standard InChI is InChI=1S/C68H50N2/c1-3-4-29-64-48(2)68(62-27-16-17-30-65(62)70(64)57-23-12-7-13-24-57)61-26-15-14-25-60(61)67-63(68)28-18-31-66(67)69(58-44-40-55(41-45-58)50-21-10-6-11-22-50)59-46-42-56(43-47-59)54-38-36-53(37-39-54)52-34-32-51(33-35-52)49-19-8-5-9-20-49/h3-47H,1H2,2H3/b29-4-. The Morgan fingerprint density at radius 3 is 1.33 bits per heavy atom. The maximum atomic E-state index is 4.10. The minimum absolute atomic E-state index is 0.576. The van der Waals surface area contributed by atoms with E-state index in [1.807, 2.05) is 6.08 Å². The lowest BCUT2D eigenvalue weighted by molar-refractivity contribution is 0.717. The fourth-order valence-electron chi connectivity index (χ4n) is 11.1. The average Bonchev–Trinajstić information content (AvgIpc) is 3.74. The molecule has 0 N–H and O–H groups in total. The molecule has 1 aliphatic carbocycles. The molecule has 0 radical (unpaired) electrons. The molecule has 0 amide bonds. The third-order valence-corrected chi connectivity index (χ3v) is 14.3. The second kappa shape index (κ2) is 17.9. The van der Waals surface area contributed by atoms with E-state index in [4.69, 9.17) is 0 Å². The number of allylic oxidation sites excluding steroid dienone is 4. The summed E-state index contributed by atoms with van der Waals surface area (Å²) in [7, 11) is 0. The summed E-state index contributed by atoms with van der Waals surface area (Å²) >= 11 is 0. The van der Waals surface area contributed by atoms with Crippen LogP contribution in [0.3, 0.4) is 0 Å². The molecule has 0 fully saturated rings. The molecule has 1 atom stereocenters. The van der Waals surface area contributed by atoms with E-state index in [-0.39, 0.29) is 0 Å². The van der Waals surface area contributed by atoms with Crippen LogP contribution < -0.4 is 9.80 Å². The highest BCUT2D eigenvalue weighted by Crippen LogP contribution is 2.64. The number of para-hydroxylation sites is 2. The topological polar surface area (TPSA) is 6.48 Å². The zero-order valence-corrected chi connectivity index (χ0v) is 39.1. The third kappa shape index (κ3) is 7.12. The number of hydrogen-bond acceptors (Lipinski definition) is 2. The van der Waals surface area contributed by atoms with Gasteiger partial charge in [-0.15, -0.1) is 0 Å². The Balaban J connectivity index is 0.995. The normalized spacial score (nSPS) is 14.6. The Labute approximate surface area is 411 Å². The molecule has 0 saturated heterocycles. The van der Waals surface area contributed by atoms with Gasteiger partial charge in [-0.2, -0.15) is 0 Å². The Morgan fingerprint density at radius 1 is 0.400 bits per heavy atom. The van der Waals surface area contributed by atoms with Gasteiger partial charge in [-0.25, -0.2) is 0 Å². The monoisotopic (exact) mass is 894 g/mol. The van der Waals surface area contributed by atoms with Crippen molar-refractivity contribution in [3.05, 3.63) is 308 Å². The molecule has 2 nitrogen and oxygen atoms in total. The molecule has 332 valence electrons. The van der Waals surface area contributed by atoms with Crippen LogP contribution in [0.25, 0.3) is 55.6 Å². The first kappa shape index (κ1) is 42.4. The molecule has 2 heteroatoms. The molecule has 2 aliphatic rings. The van der Waals surface area contributed by atoms with Crippen molar-refractivity contribution in [1.82, 2.24) is 0 Å². The summed E-state index contributed by atoms with van der Waals surface area (Å²) in [6.07, 6.45) is 6.17. The molecule has 70 heavy (non-hydrogen) atoms. The Hall–Kier alpha value is -8.98. The van der Waals surface area contributed by atoms with Crippen LogP contribution in [0.2, 0.25) is 0 Å². The van der Waals surface area contributed by atoms with Gasteiger partial charge < -0.3 is 9.80 Å². The maximum Gasteiger partial charge on any atom is 0.0715 e. The van der Waals surface area contributed by atoms with Gasteiger partial charge in [-0.1, -0.05) is 225 Å². The van der Waals surface area contributed by atoms with Crippen LogP contribution in [-0.4, -0.2) is 0 Å². The van der Waals surface area contributed by atoms with Crippen LogP contribution in [0, 0.1) is 0 Å². The second-order valence-corrected chi connectivity index (χ2v) is 18.1. The first-order chi connectivity index (χ1) is 34.6. The van der Waals surface area contributed by atoms with E-state index in [0.29, 0.717) is 0 Å². The van der Waals surface area contributed by atoms with Crippen molar-refractivity contribution >= 4 is 28.4 Å². The second-order valence-electron chi connectivity index (χ2n) is 18.1. The van der Waals surface area contributed by atoms with Crippen LogP contribution in [0.15, 0.2) is 291 Å². The first-order valence-corrected chi connectivity index (χ1v) is 24.1. The summed E-state index contributed by atoms with van der Waals surface area (Å²) in [4.78, 5) is 4.87. The van der Waals surface area contributed by atoms with Crippen LogP contribution >= 0.6 is 0 Å². The number of rotatable bonds is 10. The smallest absolute Gasteiger partial charge is 0.0715 e. The van der Waals surface area contributed by atoms with Crippen LogP contribution in [0.1, 0.15) is 23.6 Å². The molecule has 0 bridgehead atoms. The fourth-order valence-corrected chi connectivity index (χ4v) is 11.1. The summed E-state index contributed by atoms with van der Waals surface area (Å²) in [6, 6.07) is 92.9. The maximum absolute atomic E-state index is 4.10. The van der Waals surface area contributed by atoms with Crippen molar-refractivity contribution in [2.45, 2.75) is 12.3 Å². The average molecular weight is 895 g/mol. The van der Waals surface area contributed by atoms with Gasteiger partial charge in [0.2, 0.25) is 0 Å². The fraction of sp³-hybridized carbons (Fsp3) is 0.0294. The van der Waals surface area contributed by atoms with E-state index in [9.17, 15) is 0 Å². The van der Waals surface area contributed by atoms with Gasteiger partial charge in [0.1, 0.15) is 0 Å². The highest BCUT2D eigenvalue weighted by atomic mass is 15.2. The highest BCUT2D eigenvalue weighted by molar-refractivity contribution is 5.99. The summed E-state index contributed by atoms with van der Waals surface area (Å²) in [5.41, 5.74) is 23.2. The quantitative estimate of drug-likeness (QED) is 0.126. The van der Waals surface area contributed by atoms with Crippen LogP contribution in [-0.2, 0) is 5.41 Å². The van der Waals surface area contributed by atoms with Crippen molar-refractivity contribution < 1.29 is 0 Å². The van der Waals surface area contributed by atoms with E-state index in [2.05, 4.69) is 290 Å². The van der Waals surface area contributed by atoms with Gasteiger partial charge in [-0.3, -0.25) is 0 Å². The zero-order chi connectivity index (χ0) is 47.0. The molecule has 10 aromatic rings. The van der Waals surface area contributed by atoms with Crippen molar-refractivity contribution in [2.75, 3.05) is 9.80 Å². The number of hydrogen-bond donors (Lipinski definition) is 0. The molecule has 1 aliphatic heterocycles. The summed E-state index contributed by atoms with van der Waals surface area (Å²) < 4.78 is 0. The van der Waals surface area contributed by atoms with Crippen molar-refractivity contribution in [2.24, 2.45) is 0 Å². The van der Waals surface area contributed by atoms with Gasteiger partial charge in [0, 0.05) is 28.3 Å². The van der Waals surface area contributed by atoms with E-state index >= 15 is 0 Å². The summed E-state index contributed by atoms with van der Waals surface area (Å²) in [6.45, 7) is 6.43. The van der Waals surface area contributed by atoms with Crippen LogP contribution in [0.5, 0.6) is 0 Å². The lowest BCUT2D eigenvalue weighted by atomic mass is 9.64. The van der Waals surface area contributed by atoms with Gasteiger partial charge in [0.25, 0.3) is 0 Å². The SMILES string of the molecule is C=C/C=C\C1=C(C)C2(c3ccccc3-c3c(N(c4ccc(-c5ccccc5)cc4)c4ccc(-c5ccc(-c6ccc(-c7ccccc7)cc6)cc5)cc4)cccc32)c2ccccc2N1c1ccccc1. The Kier molecular flexibility index (Phi) is 10.8. The predicted molar refractivity (Wildman–Crippen MR) is 295 cm³/mol. The van der Waals surface area contributed by atoms with E-state index in [1.54, 1.807) is 0 Å². The van der Waals surface area contributed by atoms with Crippen LogP contribution in [0.4, 0.5) is 28.4 Å². The minimum Gasteiger partial charge on any atom is -0.310 e. The molecule has 0 saturated carbocycles. The summed E-state index contributed by atoms with van der Waals surface area (Å²) in [5.74, 6) is 0. The third-order valence-electron chi connectivity index (χ3n) is 14.3. The van der Waals surface area contributed by atoms with Crippen molar-refractivity contribution in [1.29, 1.82) is 0 Å². The molecule has 1 unspecified atom stereocenters.